The van der Waals surface area contributed by atoms with Crippen molar-refractivity contribution >= 4 is 37.1 Å². The molecule has 0 aliphatic rings. The van der Waals surface area contributed by atoms with Crippen molar-refractivity contribution in [2.24, 2.45) is 0 Å². The number of thiol groups is 2. The number of carbonyl (C=O) groups excluding carboxylic acids is 1. The van der Waals surface area contributed by atoms with Crippen LogP contribution in [0.5, 0.6) is 0 Å². The molecule has 1 heterocycles. The Labute approximate surface area is 160 Å². The molecule has 0 spiro atoms. The van der Waals surface area contributed by atoms with Crippen molar-refractivity contribution in [3.8, 4) is 0 Å². The second-order valence-corrected chi connectivity index (χ2v) is 6.33. The van der Waals surface area contributed by atoms with Crippen molar-refractivity contribution in [2.45, 2.75) is 49.8 Å². The summed E-state index contributed by atoms with van der Waals surface area (Å²) in [6.45, 7) is 0. The topological polar surface area (TPSA) is 95.1 Å². The van der Waals surface area contributed by atoms with Gasteiger partial charge in [0, 0.05) is 30.0 Å². The Kier molecular flexibility index (Phi) is 12.5. The van der Waals surface area contributed by atoms with Crippen LogP contribution in [0.1, 0.15) is 37.8 Å². The first-order valence-electron chi connectivity index (χ1n) is 7.31. The number of unbranched alkanes of at least 4 members (excludes halogenated alkanes) is 1. The Morgan fingerprint density at radius 2 is 2.09 bits per heavy atom. The summed E-state index contributed by atoms with van der Waals surface area (Å²) in [5, 5.41) is 12.0. The summed E-state index contributed by atoms with van der Waals surface area (Å²) in [5.74, 6) is -0.480. The summed E-state index contributed by atoms with van der Waals surface area (Å²) in [7, 11) is 0. The van der Waals surface area contributed by atoms with Gasteiger partial charge in [0.15, 0.2) is 0 Å². The molecule has 2 atom stereocenters. The maximum Gasteiger partial charge on any atom is 2.00 e. The van der Waals surface area contributed by atoms with E-state index in [9.17, 15) is 9.59 Å². The number of hydrogen-bond acceptors (Lipinski definition) is 5. The Balaban J connectivity index is 0.00000484. The number of aromatic amines is 1. The van der Waals surface area contributed by atoms with E-state index in [0.717, 1.165) is 31.4 Å². The van der Waals surface area contributed by atoms with Crippen LogP contribution in [0.4, 0.5) is 0 Å². The van der Waals surface area contributed by atoms with Crippen LogP contribution in [0, 0.1) is 0 Å². The zero-order chi connectivity index (χ0) is 16.4. The number of rotatable bonds is 11. The van der Waals surface area contributed by atoms with Crippen molar-refractivity contribution in [3.63, 3.8) is 0 Å². The Hall–Kier alpha value is -0.527. The first-order valence-corrected chi connectivity index (χ1v) is 8.46. The van der Waals surface area contributed by atoms with Crippen LogP contribution in [0.2, 0.25) is 0 Å². The van der Waals surface area contributed by atoms with Gasteiger partial charge in [0.05, 0.1) is 6.33 Å². The molecule has 0 aliphatic carbocycles. The molecular weight excluding hydrogens is 388 g/mol. The van der Waals surface area contributed by atoms with Crippen LogP contribution in [-0.4, -0.2) is 44.0 Å². The van der Waals surface area contributed by atoms with Gasteiger partial charge in [-0.15, -0.1) is 0 Å². The van der Waals surface area contributed by atoms with Gasteiger partial charge in [0.1, 0.15) is 6.04 Å². The van der Waals surface area contributed by atoms with Crippen molar-refractivity contribution in [2.75, 3.05) is 5.75 Å². The molecule has 3 N–H and O–H groups in total. The van der Waals surface area contributed by atoms with Crippen LogP contribution >= 0.6 is 25.3 Å². The standard InChI is InChI=1S/C14H23N3O3S2.Zn/c18-13(4-2-1-3-11(22)5-6-21)17-12(14(19)20)7-10-8-15-9-16-10;/h8-9,11-12,21-22H,1-7H2,(H,15,16)(H,17,18)(H,19,20);/q;+2/t11?,12-;/m0./s1. The summed E-state index contributed by atoms with van der Waals surface area (Å²) < 4.78 is 0. The van der Waals surface area contributed by atoms with E-state index in [0.29, 0.717) is 17.4 Å². The van der Waals surface area contributed by atoms with Crippen molar-refractivity contribution < 1.29 is 34.2 Å². The number of carbonyl (C=O) groups is 2. The molecule has 0 saturated heterocycles. The zero-order valence-corrected chi connectivity index (χ0v) is 17.8. The van der Waals surface area contributed by atoms with Gasteiger partial charge in [-0.2, -0.15) is 25.3 Å². The predicted octanol–water partition coefficient (Wildman–Crippen LogP) is 1.70. The molecule has 1 aromatic rings. The molecule has 0 aliphatic heterocycles. The molecule has 6 nitrogen and oxygen atoms in total. The van der Waals surface area contributed by atoms with Gasteiger partial charge in [-0.3, -0.25) is 4.79 Å². The van der Waals surface area contributed by atoms with Crippen LogP contribution in [0.15, 0.2) is 12.5 Å². The summed E-state index contributed by atoms with van der Waals surface area (Å²) in [6.07, 6.45) is 7.07. The Morgan fingerprint density at radius 3 is 2.65 bits per heavy atom. The number of carboxylic acid groups (broad SMARTS) is 1. The third-order valence-electron chi connectivity index (χ3n) is 3.27. The average Bonchev–Trinajstić information content (AvgIpc) is 2.96. The van der Waals surface area contributed by atoms with Crippen LogP contribution in [0.3, 0.4) is 0 Å². The van der Waals surface area contributed by atoms with Gasteiger partial charge in [-0.05, 0) is 25.0 Å². The number of imidazole rings is 1. The first-order chi connectivity index (χ1) is 10.5. The molecule has 1 aromatic heterocycles. The third kappa shape index (κ3) is 10.0. The van der Waals surface area contributed by atoms with E-state index in [-0.39, 0.29) is 31.8 Å². The number of H-pyrrole nitrogens is 1. The van der Waals surface area contributed by atoms with E-state index >= 15 is 0 Å². The molecule has 23 heavy (non-hydrogen) atoms. The van der Waals surface area contributed by atoms with Crippen LogP contribution in [0.25, 0.3) is 0 Å². The number of nitrogens with one attached hydrogen (secondary N) is 2. The largest absolute Gasteiger partial charge is 2.00 e. The number of nitrogens with zero attached hydrogens (tertiary/aromatic N) is 1. The van der Waals surface area contributed by atoms with Crippen LogP contribution < -0.4 is 5.32 Å². The minimum absolute atomic E-state index is 0. The quantitative estimate of drug-likeness (QED) is 0.218. The van der Waals surface area contributed by atoms with Crippen LogP contribution in [-0.2, 0) is 35.5 Å². The van der Waals surface area contributed by atoms with Gasteiger partial charge in [-0.25, -0.2) is 9.78 Å². The first kappa shape index (κ1) is 22.5. The molecule has 0 saturated carbocycles. The summed E-state index contributed by atoms with van der Waals surface area (Å²) >= 11 is 8.58. The molecule has 1 amide bonds. The fourth-order valence-corrected chi connectivity index (χ4v) is 2.87. The van der Waals surface area contributed by atoms with Crippen molar-refractivity contribution in [1.29, 1.82) is 0 Å². The fourth-order valence-electron chi connectivity index (χ4n) is 2.04. The zero-order valence-electron chi connectivity index (χ0n) is 13.1. The Morgan fingerprint density at radius 1 is 1.35 bits per heavy atom. The summed E-state index contributed by atoms with van der Waals surface area (Å²) in [6, 6.07) is -0.935. The maximum absolute atomic E-state index is 11.8. The number of aliphatic carboxylic acids is 1. The molecule has 124 valence electrons. The predicted molar refractivity (Wildman–Crippen MR) is 91.6 cm³/mol. The summed E-state index contributed by atoms with van der Waals surface area (Å²) in [5.41, 5.74) is 0.678. The van der Waals surface area contributed by atoms with E-state index in [1.165, 1.54) is 6.33 Å². The number of aromatic nitrogens is 2. The molecule has 9 heteroatoms. The average molecular weight is 411 g/mol. The van der Waals surface area contributed by atoms with E-state index < -0.39 is 12.0 Å². The molecule has 0 radical (unpaired) electrons. The van der Waals surface area contributed by atoms with E-state index in [2.05, 4.69) is 40.5 Å². The number of hydrogen-bond donors (Lipinski definition) is 5. The summed E-state index contributed by atoms with van der Waals surface area (Å²) in [4.78, 5) is 29.7. The minimum Gasteiger partial charge on any atom is -0.480 e. The number of amides is 1. The van der Waals surface area contributed by atoms with Gasteiger partial charge >= 0.3 is 25.4 Å². The Bertz CT molecular complexity index is 460. The van der Waals surface area contributed by atoms with Gasteiger partial charge < -0.3 is 15.4 Å². The second kappa shape index (κ2) is 12.8. The van der Waals surface area contributed by atoms with Gasteiger partial charge in [0.25, 0.3) is 0 Å². The van der Waals surface area contributed by atoms with Gasteiger partial charge in [-0.1, -0.05) is 6.42 Å². The molecule has 0 fully saturated rings. The van der Waals surface area contributed by atoms with Gasteiger partial charge in [0.2, 0.25) is 5.91 Å². The van der Waals surface area contributed by atoms with E-state index in [1.54, 1.807) is 6.20 Å². The number of carboxylic acids is 1. The van der Waals surface area contributed by atoms with Crippen molar-refractivity contribution in [3.05, 3.63) is 18.2 Å². The molecule has 0 aromatic carbocycles. The minimum atomic E-state index is -1.05. The monoisotopic (exact) mass is 409 g/mol. The third-order valence-corrected chi connectivity index (χ3v) is 4.04. The molecular formula is C14H23N3O3S2Zn+2. The maximum atomic E-state index is 11.8. The molecule has 0 bridgehead atoms. The molecule has 1 unspecified atom stereocenters. The van der Waals surface area contributed by atoms with Crippen molar-refractivity contribution in [1.82, 2.24) is 15.3 Å². The SMILES string of the molecule is O=C(CCCCC(S)CCS)N[C@@H](Cc1cnc[nH]1)C(=O)O.[Zn+2]. The second-order valence-electron chi connectivity index (χ2n) is 5.15. The smallest absolute Gasteiger partial charge is 0.480 e. The molecule has 1 rings (SSSR count). The van der Waals surface area contributed by atoms with E-state index in [1.807, 2.05) is 0 Å². The van der Waals surface area contributed by atoms with E-state index in [4.69, 9.17) is 5.11 Å². The normalized spacial score (nSPS) is 13.0. The fraction of sp³-hybridized carbons (Fsp3) is 0.643.